The molecule has 29 heavy (non-hydrogen) atoms. The lowest BCUT2D eigenvalue weighted by atomic mass is 10.3. The molecule has 0 amide bonds. The minimum atomic E-state index is -3.42. The van der Waals surface area contributed by atoms with Crippen molar-refractivity contribution in [2.24, 2.45) is 0 Å². The van der Waals surface area contributed by atoms with Gasteiger partial charge in [0.25, 0.3) is 0 Å². The van der Waals surface area contributed by atoms with E-state index in [1.54, 1.807) is 47.4 Å². The van der Waals surface area contributed by atoms with E-state index in [1.165, 1.54) is 7.11 Å². The number of nitrogens with zero attached hydrogens (tertiary/aromatic N) is 1. The number of fused-ring (bicyclic) bond motifs is 2. The van der Waals surface area contributed by atoms with E-state index in [2.05, 4.69) is 9.71 Å². The van der Waals surface area contributed by atoms with Gasteiger partial charge in [-0.2, -0.15) is 0 Å². The van der Waals surface area contributed by atoms with Crippen molar-refractivity contribution < 1.29 is 22.6 Å². The number of anilines is 1. The Hall–Kier alpha value is -2.17. The molecule has 7 nitrogen and oxygen atoms in total. The number of ether oxygens (including phenoxy) is 3. The molecule has 0 aliphatic carbocycles. The second-order valence-electron chi connectivity index (χ2n) is 6.33. The number of para-hydroxylation sites is 2. The predicted molar refractivity (Wildman–Crippen MR) is 116 cm³/mol. The lowest BCUT2D eigenvalue weighted by molar-refractivity contribution is 0.174. The number of sulfonamides is 1. The van der Waals surface area contributed by atoms with E-state index in [1.807, 2.05) is 12.1 Å². The molecule has 4 rings (SSSR count). The largest absolute Gasteiger partial charge is 0.495 e. The summed E-state index contributed by atoms with van der Waals surface area (Å²) >= 11 is 3.24. The molecule has 0 unspecified atom stereocenters. The first-order valence-electron chi connectivity index (χ1n) is 9.00. The number of thioether (sulfide) groups is 1. The van der Waals surface area contributed by atoms with Gasteiger partial charge in [0.2, 0.25) is 16.8 Å². The third-order valence-electron chi connectivity index (χ3n) is 4.27. The van der Waals surface area contributed by atoms with Crippen molar-refractivity contribution in [3.63, 3.8) is 0 Å². The first-order valence-corrected chi connectivity index (χ1v) is 12.5. The molecule has 3 aromatic rings. The quantitative estimate of drug-likeness (QED) is 0.381. The van der Waals surface area contributed by atoms with Crippen molar-refractivity contribution in [1.29, 1.82) is 0 Å². The van der Waals surface area contributed by atoms with Crippen LogP contribution in [0.1, 0.15) is 12.8 Å². The molecule has 1 aliphatic heterocycles. The Morgan fingerprint density at radius 2 is 2.00 bits per heavy atom. The molecule has 0 spiro atoms. The molecular formula is C19H20N2O5S3. The number of benzene rings is 2. The first-order chi connectivity index (χ1) is 14.0. The normalized spacial score (nSPS) is 13.0. The van der Waals surface area contributed by atoms with E-state index in [9.17, 15) is 8.42 Å². The van der Waals surface area contributed by atoms with Crippen LogP contribution in [0, 0.1) is 0 Å². The highest BCUT2D eigenvalue weighted by Gasteiger charge is 2.17. The van der Waals surface area contributed by atoms with Crippen LogP contribution in [-0.2, 0) is 10.0 Å². The van der Waals surface area contributed by atoms with Gasteiger partial charge in [-0.3, -0.25) is 4.72 Å². The number of rotatable bonds is 9. The SMILES string of the molecule is COc1ccccc1NS(=O)(=O)CCCCSc1nc2cc3c(cc2s1)OCO3. The van der Waals surface area contributed by atoms with E-state index in [-0.39, 0.29) is 12.5 Å². The molecule has 2 heterocycles. The van der Waals surface area contributed by atoms with E-state index in [4.69, 9.17) is 14.2 Å². The van der Waals surface area contributed by atoms with Gasteiger partial charge in [-0.25, -0.2) is 13.4 Å². The second kappa shape index (κ2) is 8.68. The third-order valence-corrected chi connectivity index (χ3v) is 7.87. The number of methoxy groups -OCH3 is 1. The molecule has 0 fully saturated rings. The lowest BCUT2D eigenvalue weighted by Gasteiger charge is -2.11. The van der Waals surface area contributed by atoms with Gasteiger partial charge in [-0.1, -0.05) is 23.9 Å². The lowest BCUT2D eigenvalue weighted by Crippen LogP contribution is -2.17. The molecule has 1 aromatic heterocycles. The number of unbranched alkanes of at least 4 members (excludes halogenated alkanes) is 1. The van der Waals surface area contributed by atoms with Crippen molar-refractivity contribution in [3.05, 3.63) is 36.4 Å². The summed E-state index contributed by atoms with van der Waals surface area (Å²) in [7, 11) is -1.90. The Bertz CT molecular complexity index is 1070. The van der Waals surface area contributed by atoms with Gasteiger partial charge < -0.3 is 14.2 Å². The second-order valence-corrected chi connectivity index (χ2v) is 10.5. The maximum Gasteiger partial charge on any atom is 0.232 e. The highest BCUT2D eigenvalue weighted by Crippen LogP contribution is 2.39. The van der Waals surface area contributed by atoms with Gasteiger partial charge >= 0.3 is 0 Å². The Kier molecular flexibility index (Phi) is 6.02. The highest BCUT2D eigenvalue weighted by molar-refractivity contribution is 8.01. The van der Waals surface area contributed by atoms with Crippen LogP contribution in [0.4, 0.5) is 5.69 Å². The number of nitrogens with one attached hydrogen (secondary N) is 1. The maximum absolute atomic E-state index is 12.3. The fraction of sp³-hybridized carbons (Fsp3) is 0.316. The first kappa shape index (κ1) is 20.1. The molecule has 2 aromatic carbocycles. The van der Waals surface area contributed by atoms with Crippen LogP contribution in [0.15, 0.2) is 40.7 Å². The van der Waals surface area contributed by atoms with E-state index in [0.29, 0.717) is 17.9 Å². The molecule has 10 heteroatoms. The van der Waals surface area contributed by atoms with Crippen molar-refractivity contribution in [2.75, 3.05) is 30.1 Å². The summed E-state index contributed by atoms with van der Waals surface area (Å²) in [5, 5.41) is 0. The van der Waals surface area contributed by atoms with Gasteiger partial charge in [0, 0.05) is 17.9 Å². The fourth-order valence-corrected chi connectivity index (χ4v) is 6.20. The molecule has 0 saturated heterocycles. The Balaban J connectivity index is 1.26. The Morgan fingerprint density at radius 1 is 1.21 bits per heavy atom. The molecule has 154 valence electrons. The molecular weight excluding hydrogens is 432 g/mol. The van der Waals surface area contributed by atoms with Crippen LogP contribution >= 0.6 is 23.1 Å². The van der Waals surface area contributed by atoms with E-state index in [0.717, 1.165) is 38.2 Å². The molecule has 0 radical (unpaired) electrons. The van der Waals surface area contributed by atoms with Crippen molar-refractivity contribution >= 4 is 49.0 Å². The summed E-state index contributed by atoms with van der Waals surface area (Å²) in [6, 6.07) is 10.8. The van der Waals surface area contributed by atoms with Gasteiger partial charge in [0.05, 0.1) is 28.8 Å². The topological polar surface area (TPSA) is 86.8 Å². The van der Waals surface area contributed by atoms with Crippen LogP contribution in [0.5, 0.6) is 17.2 Å². The summed E-state index contributed by atoms with van der Waals surface area (Å²) in [4.78, 5) is 4.61. The van der Waals surface area contributed by atoms with Gasteiger partial charge in [-0.15, -0.1) is 11.3 Å². The molecule has 0 atom stereocenters. The minimum Gasteiger partial charge on any atom is -0.495 e. The standard InChI is InChI=1S/C19H20N2O5S3/c1-24-15-7-3-2-6-13(15)21-29(22,23)9-5-4-8-27-19-20-14-10-16-17(26-12-25-16)11-18(14)28-19/h2-3,6-7,10-11,21H,4-5,8-9,12H2,1H3. The van der Waals surface area contributed by atoms with Crippen molar-refractivity contribution in [3.8, 4) is 17.2 Å². The Morgan fingerprint density at radius 3 is 2.83 bits per heavy atom. The predicted octanol–water partition coefficient (Wildman–Crippen LogP) is 4.35. The minimum absolute atomic E-state index is 0.0624. The van der Waals surface area contributed by atoms with Crippen LogP contribution in [0.3, 0.4) is 0 Å². The van der Waals surface area contributed by atoms with E-state index >= 15 is 0 Å². The van der Waals surface area contributed by atoms with Crippen LogP contribution in [0.2, 0.25) is 0 Å². The number of aromatic nitrogens is 1. The zero-order chi connectivity index (χ0) is 20.3. The van der Waals surface area contributed by atoms with E-state index < -0.39 is 10.0 Å². The van der Waals surface area contributed by atoms with Gasteiger partial charge in [0.15, 0.2) is 15.8 Å². The summed E-state index contributed by atoms with van der Waals surface area (Å²) in [6.07, 6.45) is 1.34. The average molecular weight is 453 g/mol. The highest BCUT2D eigenvalue weighted by atomic mass is 32.2. The summed E-state index contributed by atoms with van der Waals surface area (Å²) in [6.45, 7) is 0.253. The smallest absolute Gasteiger partial charge is 0.232 e. The van der Waals surface area contributed by atoms with Crippen LogP contribution < -0.4 is 18.9 Å². The molecule has 0 saturated carbocycles. The Labute approximate surface area is 177 Å². The number of hydrogen-bond donors (Lipinski definition) is 1. The maximum atomic E-state index is 12.3. The zero-order valence-electron chi connectivity index (χ0n) is 15.7. The van der Waals surface area contributed by atoms with Crippen molar-refractivity contribution in [1.82, 2.24) is 4.98 Å². The van der Waals surface area contributed by atoms with Gasteiger partial charge in [-0.05, 0) is 25.0 Å². The van der Waals surface area contributed by atoms with Crippen LogP contribution in [0.25, 0.3) is 10.2 Å². The van der Waals surface area contributed by atoms with Crippen molar-refractivity contribution in [2.45, 2.75) is 17.2 Å². The summed E-state index contributed by atoms with van der Waals surface area (Å²) in [5.41, 5.74) is 1.35. The van der Waals surface area contributed by atoms with Gasteiger partial charge in [0.1, 0.15) is 5.75 Å². The molecule has 1 N–H and O–H groups in total. The monoisotopic (exact) mass is 452 g/mol. The average Bonchev–Trinajstić information content (AvgIpc) is 3.31. The summed E-state index contributed by atoms with van der Waals surface area (Å²) in [5.74, 6) is 2.85. The third kappa shape index (κ3) is 4.88. The zero-order valence-corrected chi connectivity index (χ0v) is 18.2. The molecule has 1 aliphatic rings. The molecule has 0 bridgehead atoms. The number of hydrogen-bond acceptors (Lipinski definition) is 8. The van der Waals surface area contributed by atoms with Crippen LogP contribution in [-0.4, -0.2) is 38.8 Å². The summed E-state index contributed by atoms with van der Waals surface area (Å²) < 4.78 is 45.2. The number of thiazole rings is 1. The fourth-order valence-electron chi connectivity index (χ4n) is 2.86.